The number of benzene rings is 2. The lowest BCUT2D eigenvalue weighted by molar-refractivity contribution is 0.221. The molecule has 0 saturated carbocycles. The number of fused-ring (bicyclic) bond motifs is 2. The first-order chi connectivity index (χ1) is 9.90. The maximum atomic E-state index is 3.91. The van der Waals surface area contributed by atoms with Crippen molar-refractivity contribution in [2.24, 2.45) is 5.92 Å². The molecule has 1 fully saturated rings. The molecule has 3 aliphatic rings. The largest absolute Gasteiger partial charge is 0.307 e. The van der Waals surface area contributed by atoms with Crippen LogP contribution in [0.4, 0.5) is 0 Å². The molecule has 2 heterocycles. The fourth-order valence-corrected chi connectivity index (χ4v) is 3.97. The minimum absolute atomic E-state index is 0.531. The van der Waals surface area contributed by atoms with Crippen molar-refractivity contribution in [1.82, 2.24) is 5.32 Å². The first-order valence-corrected chi connectivity index (χ1v) is 7.78. The van der Waals surface area contributed by atoms with Gasteiger partial charge in [-0.25, -0.2) is 0 Å². The molecule has 102 valence electrons. The van der Waals surface area contributed by atoms with Gasteiger partial charge in [0.15, 0.2) is 0 Å². The zero-order valence-electron chi connectivity index (χ0n) is 11.8. The molecule has 0 amide bonds. The van der Waals surface area contributed by atoms with Crippen molar-refractivity contribution in [3.63, 3.8) is 0 Å². The zero-order chi connectivity index (χ0) is 13.4. The van der Waals surface area contributed by atoms with Crippen LogP contribution in [0.1, 0.15) is 35.6 Å². The van der Waals surface area contributed by atoms with Crippen LogP contribution in [-0.2, 0) is 12.8 Å². The van der Waals surface area contributed by atoms with Crippen LogP contribution < -0.4 is 5.32 Å². The molecule has 1 N–H and O–H groups in total. The Bertz CT molecular complexity index is 590. The Morgan fingerprint density at radius 1 is 0.750 bits per heavy atom. The van der Waals surface area contributed by atoms with Gasteiger partial charge in [0.05, 0.1) is 0 Å². The number of nitrogens with one attached hydrogen (secondary N) is 1. The normalized spacial score (nSPS) is 28.5. The predicted molar refractivity (Wildman–Crippen MR) is 82.7 cm³/mol. The van der Waals surface area contributed by atoms with E-state index in [9.17, 15) is 0 Å². The Kier molecular flexibility index (Phi) is 3.08. The van der Waals surface area contributed by atoms with Crippen molar-refractivity contribution in [3.8, 4) is 0 Å². The van der Waals surface area contributed by atoms with E-state index in [2.05, 4.69) is 59.9 Å². The Morgan fingerprint density at radius 3 is 2.25 bits per heavy atom. The molecule has 0 unspecified atom stereocenters. The highest BCUT2D eigenvalue weighted by molar-refractivity contribution is 5.31. The van der Waals surface area contributed by atoms with Gasteiger partial charge in [0.1, 0.15) is 0 Å². The van der Waals surface area contributed by atoms with Gasteiger partial charge in [0.2, 0.25) is 0 Å². The monoisotopic (exact) mass is 263 g/mol. The van der Waals surface area contributed by atoms with Crippen LogP contribution in [0.2, 0.25) is 0 Å². The molecule has 0 radical (unpaired) electrons. The summed E-state index contributed by atoms with van der Waals surface area (Å²) in [7, 11) is 0. The third kappa shape index (κ3) is 2.16. The average Bonchev–Trinajstić information content (AvgIpc) is 2.48. The number of rotatable bonds is 1. The Morgan fingerprint density at radius 2 is 1.45 bits per heavy atom. The maximum absolute atomic E-state index is 3.91. The lowest BCUT2D eigenvalue weighted by Crippen LogP contribution is -2.45. The van der Waals surface area contributed by atoms with E-state index in [0.29, 0.717) is 12.1 Å². The quantitative estimate of drug-likeness (QED) is 0.823. The molecule has 0 spiro atoms. The van der Waals surface area contributed by atoms with Crippen molar-refractivity contribution in [2.75, 3.05) is 0 Å². The molecule has 2 aromatic rings. The third-order valence-corrected chi connectivity index (χ3v) is 5.00. The molecule has 1 nitrogen and oxygen atoms in total. The second-order valence-electron chi connectivity index (χ2n) is 6.27. The van der Waals surface area contributed by atoms with Crippen molar-refractivity contribution >= 4 is 0 Å². The van der Waals surface area contributed by atoms with Gasteiger partial charge in [-0.1, -0.05) is 54.6 Å². The summed E-state index contributed by atoms with van der Waals surface area (Å²) in [6.07, 6.45) is 5.08. The van der Waals surface area contributed by atoms with E-state index in [1.54, 1.807) is 11.1 Å². The van der Waals surface area contributed by atoms with Gasteiger partial charge in [-0.2, -0.15) is 0 Å². The van der Waals surface area contributed by atoms with E-state index in [1.807, 2.05) is 0 Å². The van der Waals surface area contributed by atoms with Crippen LogP contribution in [0.15, 0.2) is 54.6 Å². The van der Waals surface area contributed by atoms with Gasteiger partial charge >= 0.3 is 0 Å². The SMILES string of the molecule is c1ccc([C@H]2N[C@@H]3CC[C@H]2Cc2ccccc2C3)cc1. The summed E-state index contributed by atoms with van der Waals surface area (Å²) in [6, 6.07) is 21.2. The summed E-state index contributed by atoms with van der Waals surface area (Å²) in [4.78, 5) is 0. The van der Waals surface area contributed by atoms with E-state index >= 15 is 0 Å². The van der Waals surface area contributed by atoms with E-state index in [0.717, 1.165) is 5.92 Å². The minimum atomic E-state index is 0.531. The Labute approximate surface area is 121 Å². The topological polar surface area (TPSA) is 12.0 Å². The standard InChI is InChI=1S/C19H21N/c1-2-6-14(7-3-1)19-17-10-11-18(20-19)13-16-9-5-4-8-15(16)12-17/h1-9,17-20H,10-13H2/t17-,18+,19+/m0/s1. The molecule has 1 heteroatoms. The van der Waals surface area contributed by atoms with Gasteiger partial charge < -0.3 is 5.32 Å². The molecular formula is C19H21N. The minimum Gasteiger partial charge on any atom is -0.307 e. The number of hydrogen-bond acceptors (Lipinski definition) is 1. The zero-order valence-corrected chi connectivity index (χ0v) is 11.8. The van der Waals surface area contributed by atoms with Crippen LogP contribution in [0, 0.1) is 5.92 Å². The molecule has 0 aromatic heterocycles. The van der Waals surface area contributed by atoms with Crippen LogP contribution in [0.25, 0.3) is 0 Å². The highest BCUT2D eigenvalue weighted by Gasteiger charge is 2.33. The maximum Gasteiger partial charge on any atom is 0.0354 e. The molecule has 2 bridgehead atoms. The van der Waals surface area contributed by atoms with Crippen molar-refractivity contribution in [2.45, 2.75) is 37.8 Å². The molecule has 20 heavy (non-hydrogen) atoms. The summed E-state index contributed by atoms with van der Waals surface area (Å²) in [5.41, 5.74) is 4.59. The third-order valence-electron chi connectivity index (χ3n) is 5.00. The van der Waals surface area contributed by atoms with Crippen LogP contribution in [0.3, 0.4) is 0 Å². The average molecular weight is 263 g/mol. The second-order valence-corrected chi connectivity index (χ2v) is 6.27. The van der Waals surface area contributed by atoms with Gasteiger partial charge in [-0.3, -0.25) is 0 Å². The molecular weight excluding hydrogens is 242 g/mol. The van der Waals surface area contributed by atoms with Gasteiger partial charge in [0.25, 0.3) is 0 Å². The van der Waals surface area contributed by atoms with Crippen molar-refractivity contribution < 1.29 is 0 Å². The van der Waals surface area contributed by atoms with Gasteiger partial charge in [0, 0.05) is 12.1 Å². The molecule has 1 saturated heterocycles. The molecule has 1 aliphatic carbocycles. The number of hydrogen-bond donors (Lipinski definition) is 1. The first-order valence-electron chi connectivity index (χ1n) is 7.78. The number of piperidine rings is 1. The van der Waals surface area contributed by atoms with Gasteiger partial charge in [-0.15, -0.1) is 0 Å². The Hall–Kier alpha value is -1.60. The fraction of sp³-hybridized carbons (Fsp3) is 0.368. The van der Waals surface area contributed by atoms with E-state index in [1.165, 1.54) is 31.2 Å². The van der Waals surface area contributed by atoms with E-state index in [4.69, 9.17) is 0 Å². The molecule has 2 aliphatic heterocycles. The highest BCUT2D eigenvalue weighted by Crippen LogP contribution is 2.37. The first kappa shape index (κ1) is 12.2. The fourth-order valence-electron chi connectivity index (χ4n) is 3.97. The summed E-state index contributed by atoms with van der Waals surface area (Å²) < 4.78 is 0. The lowest BCUT2D eigenvalue weighted by Gasteiger charge is -2.41. The summed E-state index contributed by atoms with van der Waals surface area (Å²) in [5, 5.41) is 3.91. The van der Waals surface area contributed by atoms with Crippen LogP contribution in [0.5, 0.6) is 0 Å². The molecule has 5 rings (SSSR count). The summed E-state index contributed by atoms with van der Waals surface area (Å²) in [6.45, 7) is 0. The van der Waals surface area contributed by atoms with Crippen LogP contribution >= 0.6 is 0 Å². The van der Waals surface area contributed by atoms with E-state index < -0.39 is 0 Å². The van der Waals surface area contributed by atoms with Crippen molar-refractivity contribution in [3.05, 3.63) is 71.3 Å². The highest BCUT2D eigenvalue weighted by atomic mass is 15.0. The smallest absolute Gasteiger partial charge is 0.0354 e. The summed E-state index contributed by atoms with van der Waals surface area (Å²) in [5.74, 6) is 0.732. The summed E-state index contributed by atoms with van der Waals surface area (Å²) >= 11 is 0. The molecule has 2 aromatic carbocycles. The Balaban J connectivity index is 1.70. The second kappa shape index (κ2) is 5.06. The predicted octanol–water partition coefficient (Wildman–Crippen LogP) is 3.89. The van der Waals surface area contributed by atoms with Gasteiger partial charge in [-0.05, 0) is 48.3 Å². The van der Waals surface area contributed by atoms with Crippen LogP contribution in [-0.4, -0.2) is 6.04 Å². The molecule has 3 atom stereocenters. The lowest BCUT2D eigenvalue weighted by atomic mass is 9.75. The van der Waals surface area contributed by atoms with Crippen molar-refractivity contribution in [1.29, 1.82) is 0 Å². The van der Waals surface area contributed by atoms with E-state index in [-0.39, 0.29) is 0 Å².